The summed E-state index contributed by atoms with van der Waals surface area (Å²) in [6.45, 7) is 2.03. The number of nitrogens with zero attached hydrogens (tertiary/aromatic N) is 1. The van der Waals surface area contributed by atoms with Crippen LogP contribution in [0.25, 0.3) is 10.1 Å². The van der Waals surface area contributed by atoms with Gasteiger partial charge in [-0.1, -0.05) is 18.2 Å². The highest BCUT2D eigenvalue weighted by molar-refractivity contribution is 7.23. The van der Waals surface area contributed by atoms with Crippen LogP contribution in [0, 0.1) is 0 Å². The maximum atomic E-state index is 12.3. The third-order valence-corrected chi connectivity index (χ3v) is 4.31. The molecule has 0 atom stereocenters. The molecule has 3 rings (SSSR count). The van der Waals surface area contributed by atoms with Gasteiger partial charge >= 0.3 is 5.97 Å². The number of pyridine rings is 1. The number of anilines is 1. The van der Waals surface area contributed by atoms with Crippen molar-refractivity contribution in [3.63, 3.8) is 0 Å². The number of benzene rings is 1. The van der Waals surface area contributed by atoms with Gasteiger partial charge in [0.15, 0.2) is 0 Å². The number of ether oxygens (including phenoxy) is 1. The average molecular weight is 326 g/mol. The number of hydrogen-bond acceptors (Lipinski definition) is 5. The van der Waals surface area contributed by atoms with E-state index in [1.165, 1.54) is 17.5 Å². The topological polar surface area (TPSA) is 68.3 Å². The number of aromatic nitrogens is 1. The van der Waals surface area contributed by atoms with Crippen LogP contribution in [0.1, 0.15) is 27.6 Å². The van der Waals surface area contributed by atoms with Gasteiger partial charge in [0.05, 0.1) is 12.2 Å². The molecule has 0 bridgehead atoms. The summed E-state index contributed by atoms with van der Waals surface area (Å²) < 4.78 is 6.04. The number of amides is 1. The summed E-state index contributed by atoms with van der Waals surface area (Å²) in [7, 11) is 0. The third-order valence-electron chi connectivity index (χ3n) is 3.23. The Bertz CT molecular complexity index is 859. The second-order valence-electron chi connectivity index (χ2n) is 4.72. The molecule has 6 heteroatoms. The van der Waals surface area contributed by atoms with Gasteiger partial charge in [0.2, 0.25) is 0 Å². The molecule has 23 heavy (non-hydrogen) atoms. The van der Waals surface area contributed by atoms with Crippen LogP contribution >= 0.6 is 11.3 Å². The summed E-state index contributed by atoms with van der Waals surface area (Å²) in [5, 5.41) is 4.05. The second kappa shape index (κ2) is 6.58. The van der Waals surface area contributed by atoms with Crippen LogP contribution in [0.3, 0.4) is 0 Å². The zero-order chi connectivity index (χ0) is 16.2. The van der Waals surface area contributed by atoms with Crippen molar-refractivity contribution in [1.82, 2.24) is 4.98 Å². The molecule has 1 aromatic carbocycles. The number of carbonyl (C=O) groups is 2. The first-order valence-corrected chi connectivity index (χ1v) is 7.92. The Balaban J connectivity index is 2.01. The zero-order valence-electron chi connectivity index (χ0n) is 12.4. The molecule has 116 valence electrons. The number of esters is 1. The van der Waals surface area contributed by atoms with Crippen molar-refractivity contribution in [2.75, 3.05) is 11.9 Å². The number of carbonyl (C=O) groups excluding carboxylic acids is 2. The van der Waals surface area contributed by atoms with Crippen LogP contribution in [-0.4, -0.2) is 23.5 Å². The molecule has 5 nitrogen and oxygen atoms in total. The molecule has 1 N–H and O–H groups in total. The molecular formula is C17H14N2O3S. The molecule has 0 radical (unpaired) electrons. The first-order valence-electron chi connectivity index (χ1n) is 7.10. The van der Waals surface area contributed by atoms with Gasteiger partial charge in [-0.25, -0.2) is 4.79 Å². The summed E-state index contributed by atoms with van der Waals surface area (Å²) in [5.74, 6) is -0.748. The van der Waals surface area contributed by atoms with E-state index in [0.29, 0.717) is 16.1 Å². The van der Waals surface area contributed by atoms with Gasteiger partial charge in [0.25, 0.3) is 5.91 Å². The standard InChI is InChI=1S/C17H14N2O3S/c1-2-22-17(21)14-12-7-3-4-8-13(12)23-16(14)19-15(20)11-6-5-9-18-10-11/h3-10H,2H2,1H3,(H,19,20). The molecule has 0 fully saturated rings. The first kappa shape index (κ1) is 15.2. The second-order valence-corrected chi connectivity index (χ2v) is 5.77. The lowest BCUT2D eigenvalue weighted by Gasteiger charge is -2.06. The Hall–Kier alpha value is -2.73. The lowest BCUT2D eigenvalue weighted by atomic mass is 10.1. The number of fused-ring (bicyclic) bond motifs is 1. The van der Waals surface area contributed by atoms with Gasteiger partial charge in [0, 0.05) is 22.5 Å². The van der Waals surface area contributed by atoms with E-state index in [2.05, 4.69) is 10.3 Å². The SMILES string of the molecule is CCOC(=O)c1c(NC(=O)c2cccnc2)sc2ccccc12. The van der Waals surface area contributed by atoms with E-state index < -0.39 is 5.97 Å². The Kier molecular flexibility index (Phi) is 4.34. The summed E-state index contributed by atoms with van der Waals surface area (Å²) in [5.41, 5.74) is 0.824. The highest BCUT2D eigenvalue weighted by Crippen LogP contribution is 2.36. The minimum Gasteiger partial charge on any atom is -0.462 e. The largest absolute Gasteiger partial charge is 0.462 e. The van der Waals surface area contributed by atoms with E-state index in [-0.39, 0.29) is 12.5 Å². The minimum absolute atomic E-state index is 0.277. The fourth-order valence-electron chi connectivity index (χ4n) is 2.21. The minimum atomic E-state index is -0.438. The summed E-state index contributed by atoms with van der Waals surface area (Å²) in [6.07, 6.45) is 3.08. The van der Waals surface area contributed by atoms with E-state index in [1.54, 1.807) is 25.3 Å². The number of nitrogens with one attached hydrogen (secondary N) is 1. The molecule has 0 aliphatic heterocycles. The molecule has 0 aliphatic carbocycles. The normalized spacial score (nSPS) is 10.5. The van der Waals surface area contributed by atoms with Gasteiger partial charge in [-0.05, 0) is 25.1 Å². The predicted molar refractivity (Wildman–Crippen MR) is 90.0 cm³/mol. The summed E-state index contributed by atoms with van der Waals surface area (Å²) >= 11 is 1.35. The lowest BCUT2D eigenvalue weighted by molar-refractivity contribution is 0.0530. The molecule has 1 amide bonds. The molecule has 0 unspecified atom stereocenters. The monoisotopic (exact) mass is 326 g/mol. The smallest absolute Gasteiger partial charge is 0.341 e. The van der Waals surface area contributed by atoms with Gasteiger partial charge in [-0.2, -0.15) is 0 Å². The molecule has 0 spiro atoms. The van der Waals surface area contributed by atoms with E-state index in [1.807, 2.05) is 24.3 Å². The van der Waals surface area contributed by atoms with Gasteiger partial charge in [0.1, 0.15) is 10.6 Å². The lowest BCUT2D eigenvalue weighted by Crippen LogP contribution is -2.14. The fourth-order valence-corrected chi connectivity index (χ4v) is 3.30. The van der Waals surface area contributed by atoms with E-state index >= 15 is 0 Å². The molecule has 0 aliphatic rings. The molecule has 2 aromatic heterocycles. The van der Waals surface area contributed by atoms with Crippen molar-refractivity contribution in [2.45, 2.75) is 6.92 Å². The zero-order valence-corrected chi connectivity index (χ0v) is 13.2. The van der Waals surface area contributed by atoms with Crippen molar-refractivity contribution in [2.24, 2.45) is 0 Å². The summed E-state index contributed by atoms with van der Waals surface area (Å²) in [6, 6.07) is 10.8. The van der Waals surface area contributed by atoms with Crippen LogP contribution < -0.4 is 5.32 Å². The highest BCUT2D eigenvalue weighted by Gasteiger charge is 2.21. The first-order chi connectivity index (χ1) is 11.2. The molecule has 3 aromatic rings. The van der Waals surface area contributed by atoms with E-state index in [0.717, 1.165) is 10.1 Å². The van der Waals surface area contributed by atoms with Crippen LogP contribution in [-0.2, 0) is 4.74 Å². The van der Waals surface area contributed by atoms with Crippen molar-refractivity contribution in [1.29, 1.82) is 0 Å². The Morgan fingerprint density at radius 3 is 2.78 bits per heavy atom. The van der Waals surface area contributed by atoms with E-state index in [9.17, 15) is 9.59 Å². The molecule has 2 heterocycles. The van der Waals surface area contributed by atoms with Crippen LogP contribution in [0.4, 0.5) is 5.00 Å². The maximum Gasteiger partial charge on any atom is 0.341 e. The molecule has 0 saturated carbocycles. The average Bonchev–Trinajstić information content (AvgIpc) is 2.93. The van der Waals surface area contributed by atoms with Crippen molar-refractivity contribution in [3.8, 4) is 0 Å². The van der Waals surface area contributed by atoms with Crippen molar-refractivity contribution < 1.29 is 14.3 Å². The van der Waals surface area contributed by atoms with Gasteiger partial charge in [-0.15, -0.1) is 11.3 Å². The number of rotatable bonds is 4. The number of hydrogen-bond donors (Lipinski definition) is 1. The summed E-state index contributed by atoms with van der Waals surface area (Å²) in [4.78, 5) is 28.5. The van der Waals surface area contributed by atoms with Gasteiger partial charge < -0.3 is 10.1 Å². The number of thiophene rings is 1. The Morgan fingerprint density at radius 2 is 2.04 bits per heavy atom. The van der Waals surface area contributed by atoms with Gasteiger partial charge in [-0.3, -0.25) is 9.78 Å². The van der Waals surface area contributed by atoms with Crippen LogP contribution in [0.2, 0.25) is 0 Å². The quantitative estimate of drug-likeness (QED) is 0.742. The Morgan fingerprint density at radius 1 is 1.22 bits per heavy atom. The highest BCUT2D eigenvalue weighted by atomic mass is 32.1. The predicted octanol–water partition coefficient (Wildman–Crippen LogP) is 3.73. The van der Waals surface area contributed by atoms with E-state index in [4.69, 9.17) is 4.74 Å². The molecule has 0 saturated heterocycles. The fraction of sp³-hybridized carbons (Fsp3) is 0.118. The van der Waals surface area contributed by atoms with Crippen molar-refractivity contribution >= 4 is 38.3 Å². The van der Waals surface area contributed by atoms with Crippen LogP contribution in [0.5, 0.6) is 0 Å². The van der Waals surface area contributed by atoms with Crippen LogP contribution in [0.15, 0.2) is 48.8 Å². The molecular weight excluding hydrogens is 312 g/mol. The maximum absolute atomic E-state index is 12.3. The van der Waals surface area contributed by atoms with Crippen molar-refractivity contribution in [3.05, 3.63) is 59.9 Å². The third kappa shape index (κ3) is 3.07. The Labute approximate surface area is 136 Å².